The van der Waals surface area contributed by atoms with Crippen LogP contribution in [0.3, 0.4) is 0 Å². The van der Waals surface area contributed by atoms with Crippen LogP contribution in [0.15, 0.2) is 48.0 Å². The molecule has 0 spiro atoms. The number of ether oxygens (including phenoxy) is 4. The highest BCUT2D eigenvalue weighted by Gasteiger charge is 2.61. The molecule has 5 nitrogen and oxygen atoms in total. The van der Waals surface area contributed by atoms with E-state index in [-0.39, 0.29) is 0 Å². The highest BCUT2D eigenvalue weighted by molar-refractivity contribution is 5.42. The minimum absolute atomic E-state index is 0.351. The standard InChI is InChI=1S/C19H24O5/c1-6-19(20,17(23-4)11-7-15(21-2)8-12-17)18(24-5)13-9-16(22-3)10-14-18/h1,7-11,13,20H,12,14H2,2-5H3. The summed E-state index contributed by atoms with van der Waals surface area (Å²) in [5.74, 6) is 3.91. The van der Waals surface area contributed by atoms with Gasteiger partial charge < -0.3 is 24.1 Å². The van der Waals surface area contributed by atoms with E-state index in [0.29, 0.717) is 24.4 Å². The van der Waals surface area contributed by atoms with E-state index in [4.69, 9.17) is 25.4 Å². The first kappa shape index (κ1) is 18.3. The Labute approximate surface area is 143 Å². The van der Waals surface area contributed by atoms with Gasteiger partial charge in [0.2, 0.25) is 0 Å². The number of rotatable bonds is 6. The van der Waals surface area contributed by atoms with Crippen molar-refractivity contribution < 1.29 is 24.1 Å². The maximum atomic E-state index is 11.6. The summed E-state index contributed by atoms with van der Waals surface area (Å²) in [6.45, 7) is 0. The van der Waals surface area contributed by atoms with Gasteiger partial charge in [0.15, 0.2) is 5.60 Å². The molecule has 0 heterocycles. The predicted octanol–water partition coefficient (Wildman–Crippen LogP) is 2.10. The van der Waals surface area contributed by atoms with Crippen LogP contribution in [0.2, 0.25) is 0 Å². The molecule has 2 unspecified atom stereocenters. The highest BCUT2D eigenvalue weighted by Crippen LogP contribution is 2.46. The monoisotopic (exact) mass is 332 g/mol. The van der Waals surface area contributed by atoms with Crippen LogP contribution < -0.4 is 0 Å². The minimum Gasteiger partial charge on any atom is -0.497 e. The zero-order valence-corrected chi connectivity index (χ0v) is 14.5. The molecule has 24 heavy (non-hydrogen) atoms. The summed E-state index contributed by atoms with van der Waals surface area (Å²) in [6.07, 6.45) is 17.1. The van der Waals surface area contributed by atoms with Crippen LogP contribution in [0.4, 0.5) is 0 Å². The maximum Gasteiger partial charge on any atom is 0.191 e. The molecule has 0 bridgehead atoms. The molecule has 1 N–H and O–H groups in total. The van der Waals surface area contributed by atoms with Crippen LogP contribution in [0.25, 0.3) is 0 Å². The molecule has 2 aliphatic carbocycles. The second kappa shape index (κ2) is 6.86. The number of allylic oxidation sites excluding steroid dienone is 2. The summed E-state index contributed by atoms with van der Waals surface area (Å²) >= 11 is 0. The minimum atomic E-state index is -1.75. The van der Waals surface area contributed by atoms with E-state index in [0.717, 1.165) is 0 Å². The average molecular weight is 332 g/mol. The Balaban J connectivity index is 2.49. The average Bonchev–Trinajstić information content (AvgIpc) is 2.67. The van der Waals surface area contributed by atoms with Gasteiger partial charge in [0, 0.05) is 27.1 Å². The second-order valence-electron chi connectivity index (χ2n) is 5.74. The third-order valence-corrected chi connectivity index (χ3v) is 4.88. The molecular formula is C19H24O5. The van der Waals surface area contributed by atoms with E-state index in [1.165, 1.54) is 14.2 Å². The quantitative estimate of drug-likeness (QED) is 0.755. The molecule has 0 aromatic rings. The molecule has 0 aliphatic heterocycles. The van der Waals surface area contributed by atoms with Crippen molar-refractivity contribution in [3.8, 4) is 12.3 Å². The van der Waals surface area contributed by atoms with Crippen LogP contribution in [0.5, 0.6) is 0 Å². The van der Waals surface area contributed by atoms with E-state index in [2.05, 4.69) is 5.92 Å². The Morgan fingerprint density at radius 1 is 0.958 bits per heavy atom. The van der Waals surface area contributed by atoms with E-state index < -0.39 is 16.8 Å². The van der Waals surface area contributed by atoms with Crippen molar-refractivity contribution in [1.82, 2.24) is 0 Å². The Morgan fingerprint density at radius 3 is 1.58 bits per heavy atom. The molecule has 130 valence electrons. The third kappa shape index (κ3) is 2.57. The van der Waals surface area contributed by atoms with Gasteiger partial charge >= 0.3 is 0 Å². The summed E-state index contributed by atoms with van der Waals surface area (Å²) in [4.78, 5) is 0. The number of aliphatic hydroxyl groups is 1. The molecule has 0 aromatic heterocycles. The lowest BCUT2D eigenvalue weighted by Gasteiger charge is -2.51. The highest BCUT2D eigenvalue weighted by atomic mass is 16.5. The van der Waals surface area contributed by atoms with Crippen molar-refractivity contribution in [2.24, 2.45) is 0 Å². The van der Waals surface area contributed by atoms with Crippen LogP contribution in [-0.4, -0.2) is 50.3 Å². The molecule has 0 amide bonds. The SMILES string of the molecule is C#CC(O)(C1(OC)C=CC(OC)=CC1)C1(OC)C=CC(OC)=CC1. The summed E-state index contributed by atoms with van der Waals surface area (Å²) < 4.78 is 21.9. The zero-order valence-electron chi connectivity index (χ0n) is 14.5. The van der Waals surface area contributed by atoms with Gasteiger partial charge in [0.05, 0.1) is 14.2 Å². The number of terminal acetylenes is 1. The van der Waals surface area contributed by atoms with Crippen molar-refractivity contribution >= 4 is 0 Å². The maximum absolute atomic E-state index is 11.6. The Hall–Kier alpha value is -2.00. The third-order valence-electron chi connectivity index (χ3n) is 4.88. The van der Waals surface area contributed by atoms with Gasteiger partial charge in [-0.15, -0.1) is 6.42 Å². The fourth-order valence-electron chi connectivity index (χ4n) is 3.25. The fraction of sp³-hybridized carbons (Fsp3) is 0.474. The van der Waals surface area contributed by atoms with Gasteiger partial charge in [0.25, 0.3) is 0 Å². The molecule has 2 rings (SSSR count). The molecule has 0 aromatic carbocycles. The largest absolute Gasteiger partial charge is 0.497 e. The number of hydrogen-bond donors (Lipinski definition) is 1. The number of methoxy groups -OCH3 is 4. The Bertz CT molecular complexity index is 591. The topological polar surface area (TPSA) is 57.2 Å². The van der Waals surface area contributed by atoms with Crippen LogP contribution in [0.1, 0.15) is 12.8 Å². The molecule has 0 saturated carbocycles. The normalized spacial score (nSPS) is 31.5. The van der Waals surface area contributed by atoms with Crippen molar-refractivity contribution in [3.05, 3.63) is 48.0 Å². The lowest BCUT2D eigenvalue weighted by atomic mass is 9.66. The molecule has 5 heteroatoms. The smallest absolute Gasteiger partial charge is 0.191 e. The molecule has 0 radical (unpaired) electrons. The van der Waals surface area contributed by atoms with Crippen LogP contribution in [-0.2, 0) is 18.9 Å². The van der Waals surface area contributed by atoms with Gasteiger partial charge in [-0.3, -0.25) is 0 Å². The lowest BCUT2D eigenvalue weighted by Crippen LogP contribution is -2.67. The van der Waals surface area contributed by atoms with E-state index in [1.54, 1.807) is 38.5 Å². The van der Waals surface area contributed by atoms with Crippen LogP contribution in [0, 0.1) is 12.3 Å². The fourth-order valence-corrected chi connectivity index (χ4v) is 3.25. The summed E-state index contributed by atoms with van der Waals surface area (Å²) in [5.41, 5.74) is -4.05. The van der Waals surface area contributed by atoms with Gasteiger partial charge in [-0.25, -0.2) is 0 Å². The van der Waals surface area contributed by atoms with Crippen molar-refractivity contribution in [1.29, 1.82) is 0 Å². The van der Waals surface area contributed by atoms with E-state index >= 15 is 0 Å². The molecule has 2 atom stereocenters. The first-order chi connectivity index (χ1) is 11.5. The molecule has 0 saturated heterocycles. The second-order valence-corrected chi connectivity index (χ2v) is 5.74. The van der Waals surface area contributed by atoms with Crippen LogP contribution >= 0.6 is 0 Å². The Morgan fingerprint density at radius 2 is 1.38 bits per heavy atom. The zero-order chi connectivity index (χ0) is 17.8. The van der Waals surface area contributed by atoms with Gasteiger partial charge in [-0.2, -0.15) is 0 Å². The number of hydrogen-bond acceptors (Lipinski definition) is 5. The van der Waals surface area contributed by atoms with Crippen molar-refractivity contribution in [2.75, 3.05) is 28.4 Å². The van der Waals surface area contributed by atoms with E-state index in [9.17, 15) is 5.11 Å². The summed E-state index contributed by atoms with van der Waals surface area (Å²) in [5, 5.41) is 11.6. The predicted molar refractivity (Wildman–Crippen MR) is 91.0 cm³/mol. The first-order valence-electron chi connectivity index (χ1n) is 7.63. The Kier molecular flexibility index (Phi) is 5.24. The lowest BCUT2D eigenvalue weighted by molar-refractivity contribution is -0.198. The first-order valence-corrected chi connectivity index (χ1v) is 7.63. The summed E-state index contributed by atoms with van der Waals surface area (Å²) in [6, 6.07) is 0. The molecule has 2 aliphatic rings. The molecular weight excluding hydrogens is 308 g/mol. The van der Waals surface area contributed by atoms with Gasteiger partial charge in [-0.1, -0.05) is 5.92 Å². The van der Waals surface area contributed by atoms with Crippen molar-refractivity contribution in [3.63, 3.8) is 0 Å². The van der Waals surface area contributed by atoms with Crippen molar-refractivity contribution in [2.45, 2.75) is 29.6 Å². The summed E-state index contributed by atoms with van der Waals surface area (Å²) in [7, 11) is 6.21. The van der Waals surface area contributed by atoms with Gasteiger partial charge in [0.1, 0.15) is 22.7 Å². The molecule has 0 fully saturated rings. The van der Waals surface area contributed by atoms with E-state index in [1.807, 2.05) is 12.2 Å². The van der Waals surface area contributed by atoms with Gasteiger partial charge in [-0.05, 0) is 36.5 Å².